The number of hydrogen-bond acceptors (Lipinski definition) is 4. The molecule has 5 heteroatoms. The lowest BCUT2D eigenvalue weighted by molar-refractivity contribution is 0.114. The van der Waals surface area contributed by atoms with Crippen LogP contribution in [-0.4, -0.2) is 44.8 Å². The van der Waals surface area contributed by atoms with Crippen LogP contribution in [0.5, 0.6) is 0 Å². The molecule has 1 aromatic heterocycles. The molecule has 0 radical (unpaired) electrons. The van der Waals surface area contributed by atoms with Crippen molar-refractivity contribution in [3.63, 3.8) is 0 Å². The Morgan fingerprint density at radius 3 is 2.95 bits per heavy atom. The van der Waals surface area contributed by atoms with Crippen LogP contribution in [0.1, 0.15) is 52.4 Å². The van der Waals surface area contributed by atoms with Gasteiger partial charge in [0.05, 0.1) is 6.54 Å². The Morgan fingerprint density at radius 2 is 2.26 bits per heavy atom. The molecule has 1 N–H and O–H groups in total. The van der Waals surface area contributed by atoms with E-state index in [9.17, 15) is 0 Å². The lowest BCUT2D eigenvalue weighted by Crippen LogP contribution is -2.55. The van der Waals surface area contributed by atoms with Gasteiger partial charge in [0.15, 0.2) is 0 Å². The Bertz CT molecular complexity index is 387. The van der Waals surface area contributed by atoms with Crippen LogP contribution >= 0.6 is 0 Å². The highest BCUT2D eigenvalue weighted by atomic mass is 15.4. The van der Waals surface area contributed by atoms with Gasteiger partial charge in [-0.2, -0.15) is 5.10 Å². The van der Waals surface area contributed by atoms with Crippen molar-refractivity contribution in [2.45, 2.75) is 65.2 Å². The smallest absolute Gasteiger partial charge is 0.141 e. The molecule has 0 aromatic carbocycles. The Hall–Kier alpha value is -0.940. The summed E-state index contributed by atoms with van der Waals surface area (Å²) in [5, 5.41) is 7.91. The van der Waals surface area contributed by atoms with E-state index >= 15 is 0 Å². The highest BCUT2D eigenvalue weighted by molar-refractivity contribution is 4.91. The fourth-order valence-corrected chi connectivity index (χ4v) is 2.84. The lowest BCUT2D eigenvalue weighted by atomic mass is 10.1. The molecule has 0 amide bonds. The summed E-state index contributed by atoms with van der Waals surface area (Å²) < 4.78 is 2.04. The Labute approximate surface area is 116 Å². The summed E-state index contributed by atoms with van der Waals surface area (Å²) in [6.45, 7) is 11.9. The predicted molar refractivity (Wildman–Crippen MR) is 77.0 cm³/mol. The normalized spacial score (nSPS) is 25.1. The van der Waals surface area contributed by atoms with E-state index in [1.807, 2.05) is 4.68 Å². The van der Waals surface area contributed by atoms with Crippen LogP contribution in [0.25, 0.3) is 0 Å². The number of hydrogen-bond donors (Lipinski definition) is 1. The fraction of sp³-hybridized carbons (Fsp3) is 0.857. The fourth-order valence-electron chi connectivity index (χ4n) is 2.84. The van der Waals surface area contributed by atoms with E-state index in [2.05, 4.69) is 48.0 Å². The molecule has 1 saturated heterocycles. The third-order valence-corrected chi connectivity index (χ3v) is 3.83. The third-order valence-electron chi connectivity index (χ3n) is 3.83. The van der Waals surface area contributed by atoms with Crippen LogP contribution in [-0.2, 0) is 6.54 Å². The van der Waals surface area contributed by atoms with Crippen LogP contribution in [0.2, 0.25) is 0 Å². The van der Waals surface area contributed by atoms with Crippen LogP contribution in [0.3, 0.4) is 0 Å². The number of rotatable bonds is 5. The molecule has 0 spiro atoms. The lowest BCUT2D eigenvalue weighted by Gasteiger charge is -2.39. The van der Waals surface area contributed by atoms with Crippen LogP contribution in [0.4, 0.5) is 0 Å². The maximum Gasteiger partial charge on any atom is 0.141 e. The van der Waals surface area contributed by atoms with E-state index in [4.69, 9.17) is 0 Å². The summed E-state index contributed by atoms with van der Waals surface area (Å²) in [7, 11) is 0. The highest BCUT2D eigenvalue weighted by Crippen LogP contribution is 2.16. The first-order valence-electron chi connectivity index (χ1n) is 7.47. The van der Waals surface area contributed by atoms with Gasteiger partial charge in [-0.3, -0.25) is 4.90 Å². The summed E-state index contributed by atoms with van der Waals surface area (Å²) in [6, 6.07) is 1.56. The Balaban J connectivity index is 2.07. The van der Waals surface area contributed by atoms with Crippen LogP contribution < -0.4 is 5.32 Å². The van der Waals surface area contributed by atoms with Crippen molar-refractivity contribution >= 4 is 0 Å². The standard InChI is InChI=1S/C14H27N5/c1-5-6-13-7-15-12(4)8-18(13)9-14-16-10-17-19(14)11(2)3/h10-13,15H,5-9H2,1-4H3. The molecule has 0 saturated carbocycles. The third kappa shape index (κ3) is 3.54. The summed E-state index contributed by atoms with van der Waals surface area (Å²) in [5.41, 5.74) is 0. The molecule has 5 nitrogen and oxygen atoms in total. The first-order chi connectivity index (χ1) is 9.11. The minimum Gasteiger partial charge on any atom is -0.311 e. The SMILES string of the molecule is CCCC1CNC(C)CN1Cc1ncnn1C(C)C. The molecule has 0 bridgehead atoms. The topological polar surface area (TPSA) is 46.0 Å². The van der Waals surface area contributed by atoms with Gasteiger partial charge in [-0.05, 0) is 27.2 Å². The zero-order valence-corrected chi connectivity index (χ0v) is 12.6. The van der Waals surface area contributed by atoms with E-state index in [1.54, 1.807) is 6.33 Å². The maximum atomic E-state index is 4.44. The number of piperazine rings is 1. The summed E-state index contributed by atoms with van der Waals surface area (Å²) in [6.07, 6.45) is 4.15. The van der Waals surface area contributed by atoms with Gasteiger partial charge < -0.3 is 5.32 Å². The van der Waals surface area contributed by atoms with E-state index in [1.165, 1.54) is 12.8 Å². The van der Waals surface area contributed by atoms with Crippen molar-refractivity contribution in [3.8, 4) is 0 Å². The Kier molecular flexibility index (Phi) is 4.93. The van der Waals surface area contributed by atoms with Gasteiger partial charge in [0.1, 0.15) is 12.2 Å². The maximum absolute atomic E-state index is 4.44. The zero-order chi connectivity index (χ0) is 13.8. The molecule has 2 rings (SSSR count). The van der Waals surface area contributed by atoms with Gasteiger partial charge in [0.25, 0.3) is 0 Å². The minimum absolute atomic E-state index is 0.377. The molecule has 1 fully saturated rings. The second-order valence-electron chi connectivity index (χ2n) is 5.90. The van der Waals surface area contributed by atoms with Crippen molar-refractivity contribution < 1.29 is 0 Å². The van der Waals surface area contributed by atoms with Crippen molar-refractivity contribution in [1.82, 2.24) is 25.0 Å². The summed E-state index contributed by atoms with van der Waals surface area (Å²) >= 11 is 0. The van der Waals surface area contributed by atoms with Gasteiger partial charge in [-0.1, -0.05) is 13.3 Å². The quantitative estimate of drug-likeness (QED) is 0.882. The molecule has 2 heterocycles. The zero-order valence-electron chi connectivity index (χ0n) is 12.6. The summed E-state index contributed by atoms with van der Waals surface area (Å²) in [5.74, 6) is 1.09. The summed E-state index contributed by atoms with van der Waals surface area (Å²) in [4.78, 5) is 7.00. The van der Waals surface area contributed by atoms with Crippen molar-refractivity contribution in [2.75, 3.05) is 13.1 Å². The second-order valence-corrected chi connectivity index (χ2v) is 5.90. The van der Waals surface area contributed by atoms with E-state index in [0.717, 1.165) is 25.5 Å². The molecule has 108 valence electrons. The van der Waals surface area contributed by atoms with Gasteiger partial charge in [0, 0.05) is 31.2 Å². The van der Waals surface area contributed by atoms with Gasteiger partial charge >= 0.3 is 0 Å². The number of aromatic nitrogens is 3. The van der Waals surface area contributed by atoms with Gasteiger partial charge in [-0.15, -0.1) is 0 Å². The molecular formula is C14H27N5. The Morgan fingerprint density at radius 1 is 1.47 bits per heavy atom. The van der Waals surface area contributed by atoms with Crippen LogP contribution in [0, 0.1) is 0 Å². The molecule has 2 atom stereocenters. The number of nitrogens with one attached hydrogen (secondary N) is 1. The molecule has 0 aliphatic carbocycles. The van der Waals surface area contributed by atoms with E-state index < -0.39 is 0 Å². The van der Waals surface area contributed by atoms with E-state index in [0.29, 0.717) is 18.1 Å². The average molecular weight is 265 g/mol. The van der Waals surface area contributed by atoms with Gasteiger partial charge in [0.2, 0.25) is 0 Å². The minimum atomic E-state index is 0.377. The molecule has 19 heavy (non-hydrogen) atoms. The van der Waals surface area contributed by atoms with Crippen molar-refractivity contribution in [3.05, 3.63) is 12.2 Å². The monoisotopic (exact) mass is 265 g/mol. The van der Waals surface area contributed by atoms with Crippen LogP contribution in [0.15, 0.2) is 6.33 Å². The van der Waals surface area contributed by atoms with Gasteiger partial charge in [-0.25, -0.2) is 9.67 Å². The van der Waals surface area contributed by atoms with Crippen molar-refractivity contribution in [1.29, 1.82) is 0 Å². The average Bonchev–Trinajstić information content (AvgIpc) is 2.81. The highest BCUT2D eigenvalue weighted by Gasteiger charge is 2.26. The predicted octanol–water partition coefficient (Wildman–Crippen LogP) is 1.82. The molecule has 2 unspecified atom stereocenters. The molecule has 1 aromatic rings. The number of nitrogens with zero attached hydrogens (tertiary/aromatic N) is 4. The first-order valence-corrected chi connectivity index (χ1v) is 7.47. The van der Waals surface area contributed by atoms with Crippen molar-refractivity contribution in [2.24, 2.45) is 0 Å². The van der Waals surface area contributed by atoms with E-state index in [-0.39, 0.29) is 0 Å². The first kappa shape index (κ1) is 14.5. The molecule has 1 aliphatic heterocycles. The molecular weight excluding hydrogens is 238 g/mol. The molecule has 1 aliphatic rings. The second kappa shape index (κ2) is 6.48. The largest absolute Gasteiger partial charge is 0.311 e.